The maximum atomic E-state index is 13.9. The van der Waals surface area contributed by atoms with Crippen molar-refractivity contribution in [3.05, 3.63) is 65.9 Å². The fourth-order valence-corrected chi connectivity index (χ4v) is 6.36. The van der Waals surface area contributed by atoms with E-state index in [0.717, 1.165) is 67.8 Å². The number of anilines is 1. The van der Waals surface area contributed by atoms with Crippen LogP contribution < -0.4 is 9.64 Å². The van der Waals surface area contributed by atoms with Crippen LogP contribution in [0.25, 0.3) is 11.3 Å². The number of benzene rings is 2. The average molecular weight is 516 g/mol. The largest absolute Gasteiger partial charge is 0.496 e. The Morgan fingerprint density at radius 1 is 1.03 bits per heavy atom. The highest BCUT2D eigenvalue weighted by molar-refractivity contribution is 5.95. The van der Waals surface area contributed by atoms with E-state index in [9.17, 15) is 9.90 Å². The summed E-state index contributed by atoms with van der Waals surface area (Å²) in [4.78, 5) is 16.0. The molecule has 1 aromatic heterocycles. The summed E-state index contributed by atoms with van der Waals surface area (Å²) in [5, 5.41) is 14.6. The second kappa shape index (κ2) is 11.7. The van der Waals surface area contributed by atoms with Gasteiger partial charge in [0, 0.05) is 37.0 Å². The number of rotatable bonds is 7. The number of aryl methyl sites for hydroxylation is 2. The zero-order valence-corrected chi connectivity index (χ0v) is 23.0. The topological polar surface area (TPSA) is 67.6 Å². The molecule has 1 N–H and O–H groups in total. The lowest BCUT2D eigenvalue weighted by atomic mass is 9.78. The number of carbonyl (C=O) groups is 1. The van der Waals surface area contributed by atoms with E-state index >= 15 is 0 Å². The normalized spacial score (nSPS) is 23.7. The lowest BCUT2D eigenvalue weighted by Crippen LogP contribution is -2.41. The molecule has 1 amide bonds. The van der Waals surface area contributed by atoms with Crippen LogP contribution in [0.5, 0.6) is 5.75 Å². The Kier molecular flexibility index (Phi) is 8.18. The quantitative estimate of drug-likeness (QED) is 0.403. The molecule has 0 saturated heterocycles. The summed E-state index contributed by atoms with van der Waals surface area (Å²) >= 11 is 0. The van der Waals surface area contributed by atoms with Crippen molar-refractivity contribution in [2.24, 2.45) is 18.9 Å². The summed E-state index contributed by atoms with van der Waals surface area (Å²) in [6.45, 7) is 2.86. The number of amides is 1. The third-order valence-electron chi connectivity index (χ3n) is 8.66. The number of ether oxygens (including phenoxy) is 1. The molecule has 38 heavy (non-hydrogen) atoms. The van der Waals surface area contributed by atoms with E-state index in [2.05, 4.69) is 53.3 Å². The second-order valence-corrected chi connectivity index (χ2v) is 11.3. The minimum absolute atomic E-state index is 0.0180. The molecule has 5 rings (SSSR count). The van der Waals surface area contributed by atoms with Crippen LogP contribution in [0.1, 0.15) is 68.4 Å². The smallest absolute Gasteiger partial charge is 0.230 e. The number of hydrogen-bond donors (Lipinski definition) is 1. The zero-order chi connectivity index (χ0) is 26.6. The van der Waals surface area contributed by atoms with Gasteiger partial charge in [-0.3, -0.25) is 9.48 Å². The number of aliphatic hydroxyl groups excluding tert-OH is 1. The molecule has 6 heteroatoms. The molecule has 1 heterocycles. The van der Waals surface area contributed by atoms with Gasteiger partial charge >= 0.3 is 0 Å². The first kappa shape index (κ1) is 26.5. The molecule has 0 unspecified atom stereocenters. The predicted octanol–water partition coefficient (Wildman–Crippen LogP) is 6.26. The van der Waals surface area contributed by atoms with Crippen molar-refractivity contribution in [1.29, 1.82) is 0 Å². The maximum absolute atomic E-state index is 13.9. The fraction of sp³-hybridized carbons (Fsp3) is 0.500. The zero-order valence-electron chi connectivity index (χ0n) is 23.0. The van der Waals surface area contributed by atoms with Gasteiger partial charge in [0.2, 0.25) is 5.91 Å². The van der Waals surface area contributed by atoms with Crippen LogP contribution in [0.3, 0.4) is 0 Å². The molecular formula is C32H41N3O3. The Bertz CT molecular complexity index is 1240. The summed E-state index contributed by atoms with van der Waals surface area (Å²) in [6.07, 6.45) is 9.14. The van der Waals surface area contributed by atoms with E-state index in [-0.39, 0.29) is 17.9 Å². The molecule has 2 aliphatic rings. The van der Waals surface area contributed by atoms with Crippen molar-refractivity contribution >= 4 is 11.6 Å². The molecule has 202 valence electrons. The number of aromatic nitrogens is 2. The Morgan fingerprint density at radius 2 is 1.79 bits per heavy atom. The first-order valence-electron chi connectivity index (χ1n) is 14.2. The average Bonchev–Trinajstić information content (AvgIpc) is 3.38. The molecule has 0 radical (unpaired) electrons. The Labute approximate surface area is 226 Å². The number of aliphatic hydroxyl groups is 1. The van der Waals surface area contributed by atoms with Gasteiger partial charge in [-0.05, 0) is 106 Å². The van der Waals surface area contributed by atoms with Crippen molar-refractivity contribution in [2.45, 2.75) is 70.3 Å². The molecule has 0 atom stereocenters. The highest BCUT2D eigenvalue weighted by Crippen LogP contribution is 2.39. The molecule has 2 aliphatic carbocycles. The van der Waals surface area contributed by atoms with E-state index in [1.54, 1.807) is 11.8 Å². The summed E-state index contributed by atoms with van der Waals surface area (Å²) in [5.74, 6) is 2.17. The van der Waals surface area contributed by atoms with Gasteiger partial charge < -0.3 is 14.7 Å². The van der Waals surface area contributed by atoms with Crippen LogP contribution in [0.2, 0.25) is 0 Å². The van der Waals surface area contributed by atoms with Crippen molar-refractivity contribution < 1.29 is 14.6 Å². The minimum atomic E-state index is -0.267. The lowest BCUT2D eigenvalue weighted by molar-refractivity contribution is -0.124. The highest BCUT2D eigenvalue weighted by atomic mass is 16.5. The van der Waals surface area contributed by atoms with E-state index in [4.69, 9.17) is 4.74 Å². The SMILES string of the molecule is COc1ccc([C@H]2CC[C@H](CN(c3cccc(-c4ccn(C)n4)c3)C(=O)[C@H]3CC[C@H](O)CC3)CC2)cc1C. The minimum Gasteiger partial charge on any atom is -0.496 e. The van der Waals surface area contributed by atoms with Crippen molar-refractivity contribution in [3.8, 4) is 17.0 Å². The first-order chi connectivity index (χ1) is 18.4. The van der Waals surface area contributed by atoms with Gasteiger partial charge in [0.25, 0.3) is 0 Å². The number of carbonyl (C=O) groups excluding carboxylic acids is 1. The van der Waals surface area contributed by atoms with E-state index in [1.807, 2.05) is 25.4 Å². The van der Waals surface area contributed by atoms with Gasteiger partial charge in [0.1, 0.15) is 5.75 Å². The van der Waals surface area contributed by atoms with Gasteiger partial charge in [0.15, 0.2) is 0 Å². The van der Waals surface area contributed by atoms with Crippen LogP contribution >= 0.6 is 0 Å². The molecule has 6 nitrogen and oxygen atoms in total. The molecule has 2 saturated carbocycles. The summed E-state index contributed by atoms with van der Waals surface area (Å²) in [5.41, 5.74) is 5.49. The summed E-state index contributed by atoms with van der Waals surface area (Å²) in [7, 11) is 3.64. The molecule has 0 bridgehead atoms. The van der Waals surface area contributed by atoms with Crippen molar-refractivity contribution in [1.82, 2.24) is 9.78 Å². The molecule has 0 aliphatic heterocycles. The highest BCUT2D eigenvalue weighted by Gasteiger charge is 2.32. The van der Waals surface area contributed by atoms with Gasteiger partial charge in [-0.15, -0.1) is 0 Å². The Hall–Kier alpha value is -3.12. The second-order valence-electron chi connectivity index (χ2n) is 11.3. The van der Waals surface area contributed by atoms with Gasteiger partial charge in [-0.1, -0.05) is 24.3 Å². The van der Waals surface area contributed by atoms with Crippen LogP contribution in [-0.4, -0.2) is 40.6 Å². The summed E-state index contributed by atoms with van der Waals surface area (Å²) < 4.78 is 7.26. The first-order valence-corrected chi connectivity index (χ1v) is 14.2. The molecule has 3 aromatic rings. The third-order valence-corrected chi connectivity index (χ3v) is 8.66. The third kappa shape index (κ3) is 5.96. The Balaban J connectivity index is 1.32. The van der Waals surface area contributed by atoms with Crippen molar-refractivity contribution in [3.63, 3.8) is 0 Å². The number of hydrogen-bond acceptors (Lipinski definition) is 4. The molecule has 2 fully saturated rings. The molecular weight excluding hydrogens is 474 g/mol. The van der Waals surface area contributed by atoms with Gasteiger partial charge in [-0.2, -0.15) is 5.10 Å². The fourth-order valence-electron chi connectivity index (χ4n) is 6.36. The van der Waals surface area contributed by atoms with E-state index < -0.39 is 0 Å². The number of methoxy groups -OCH3 is 1. The van der Waals surface area contributed by atoms with E-state index in [0.29, 0.717) is 24.7 Å². The van der Waals surface area contributed by atoms with Crippen molar-refractivity contribution in [2.75, 3.05) is 18.6 Å². The van der Waals surface area contributed by atoms with Gasteiger partial charge in [0.05, 0.1) is 18.9 Å². The molecule has 2 aromatic carbocycles. The summed E-state index contributed by atoms with van der Waals surface area (Å²) in [6, 6.07) is 16.9. The monoisotopic (exact) mass is 515 g/mol. The maximum Gasteiger partial charge on any atom is 0.230 e. The van der Waals surface area contributed by atoms with Gasteiger partial charge in [-0.25, -0.2) is 0 Å². The van der Waals surface area contributed by atoms with E-state index in [1.165, 1.54) is 11.1 Å². The van der Waals surface area contributed by atoms with Crippen LogP contribution in [-0.2, 0) is 11.8 Å². The van der Waals surface area contributed by atoms with Crippen LogP contribution in [0.4, 0.5) is 5.69 Å². The standard InChI is InChI=1S/C32H41N3O3/c1-22-19-26(13-16-31(22)38-3)24-9-7-23(8-10-24)21-35(32(37)25-11-14-29(36)15-12-25)28-6-4-5-27(20-28)30-17-18-34(2)33-30/h4-6,13,16-20,23-25,29,36H,7-12,14-15,21H2,1-3H3/t23-,24-,25-,29-. The lowest BCUT2D eigenvalue weighted by Gasteiger charge is -2.36. The predicted molar refractivity (Wildman–Crippen MR) is 151 cm³/mol. The molecule has 0 spiro atoms. The number of nitrogens with zero attached hydrogens (tertiary/aromatic N) is 3. The van der Waals surface area contributed by atoms with Crippen LogP contribution in [0.15, 0.2) is 54.7 Å². The van der Waals surface area contributed by atoms with Crippen LogP contribution in [0, 0.1) is 18.8 Å². The Morgan fingerprint density at radius 3 is 2.45 bits per heavy atom.